The average Bonchev–Trinajstić information content (AvgIpc) is 2.87. The van der Waals surface area contributed by atoms with E-state index in [1.165, 1.54) is 12.5 Å². The van der Waals surface area contributed by atoms with Crippen molar-refractivity contribution in [3.8, 4) is 0 Å². The van der Waals surface area contributed by atoms with Gasteiger partial charge in [0.1, 0.15) is 5.82 Å². The van der Waals surface area contributed by atoms with E-state index in [4.69, 9.17) is 10.8 Å². The fraction of sp³-hybridized carbons (Fsp3) is 0.231. The van der Waals surface area contributed by atoms with Gasteiger partial charge in [-0.15, -0.1) is 0 Å². The number of aromatic carboxylic acids is 1. The maximum atomic E-state index is 11.4. The molecule has 2 rings (SSSR count). The van der Waals surface area contributed by atoms with Crippen LogP contribution in [0.5, 0.6) is 0 Å². The van der Waals surface area contributed by atoms with Gasteiger partial charge in [0.05, 0.1) is 11.9 Å². The van der Waals surface area contributed by atoms with E-state index in [1.807, 2.05) is 0 Å². The lowest BCUT2D eigenvalue weighted by atomic mass is 10.1. The Labute approximate surface area is 120 Å². The highest BCUT2D eigenvalue weighted by atomic mass is 16.4. The monoisotopic (exact) mass is 289 g/mol. The Morgan fingerprint density at radius 3 is 2.81 bits per heavy atom. The highest BCUT2D eigenvalue weighted by Gasteiger charge is 2.12. The van der Waals surface area contributed by atoms with Gasteiger partial charge in [-0.2, -0.15) is 0 Å². The molecule has 1 amide bonds. The van der Waals surface area contributed by atoms with Crippen molar-refractivity contribution in [3.63, 3.8) is 0 Å². The van der Waals surface area contributed by atoms with Gasteiger partial charge >= 0.3 is 5.97 Å². The summed E-state index contributed by atoms with van der Waals surface area (Å²) in [5, 5.41) is 11.8. The second-order valence-electron chi connectivity index (χ2n) is 4.44. The number of amides is 1. The van der Waals surface area contributed by atoms with Crippen molar-refractivity contribution in [3.05, 3.63) is 41.6 Å². The Bertz CT molecular complexity index is 680. The zero-order chi connectivity index (χ0) is 15.4. The molecule has 0 radical (unpaired) electrons. The van der Waals surface area contributed by atoms with E-state index in [-0.39, 0.29) is 5.69 Å². The lowest BCUT2D eigenvalue weighted by Gasteiger charge is -2.11. The summed E-state index contributed by atoms with van der Waals surface area (Å²) in [6.07, 6.45) is 4.45. The first-order chi connectivity index (χ1) is 9.99. The third-order valence-corrected chi connectivity index (χ3v) is 2.92. The minimum absolute atomic E-state index is 0.0125. The molecule has 0 atom stereocenters. The first kappa shape index (κ1) is 14.5. The molecule has 110 valence electrons. The molecule has 0 saturated carbocycles. The molecule has 2 heterocycles. The van der Waals surface area contributed by atoms with Crippen LogP contribution in [0.4, 0.5) is 5.82 Å². The van der Waals surface area contributed by atoms with Crippen LogP contribution in [0, 0.1) is 6.92 Å². The number of aryl methyl sites for hydroxylation is 1. The van der Waals surface area contributed by atoms with E-state index in [1.54, 1.807) is 23.8 Å². The van der Waals surface area contributed by atoms with Gasteiger partial charge in [0.2, 0.25) is 0 Å². The molecule has 0 aliphatic heterocycles. The van der Waals surface area contributed by atoms with Gasteiger partial charge in [-0.25, -0.2) is 14.8 Å². The largest absolute Gasteiger partial charge is 0.476 e. The average molecular weight is 289 g/mol. The number of carbonyl (C=O) groups excluding carboxylic acids is 1. The molecule has 0 spiro atoms. The quantitative estimate of drug-likeness (QED) is 0.711. The number of carboxylic acid groups (broad SMARTS) is 1. The standard InChI is InChI=1S/C13H15N5O3/c1-8-2-3-15-12(10(8)11(14)19)16-4-5-18-6-9(13(20)21)17-7-18/h2-3,6-7H,4-5H2,1H3,(H2,14,19)(H,15,16)(H,20,21). The number of imidazole rings is 1. The molecular formula is C13H15N5O3. The second-order valence-corrected chi connectivity index (χ2v) is 4.44. The highest BCUT2D eigenvalue weighted by molar-refractivity contribution is 5.98. The minimum Gasteiger partial charge on any atom is -0.476 e. The predicted octanol–water partition coefficient (Wildman–Crippen LogP) is 0.496. The van der Waals surface area contributed by atoms with Gasteiger partial charge in [0, 0.05) is 25.5 Å². The van der Waals surface area contributed by atoms with Crippen LogP contribution in [-0.4, -0.2) is 38.1 Å². The van der Waals surface area contributed by atoms with Gasteiger partial charge in [0.25, 0.3) is 5.91 Å². The highest BCUT2D eigenvalue weighted by Crippen LogP contribution is 2.15. The smallest absolute Gasteiger partial charge is 0.356 e. The lowest BCUT2D eigenvalue weighted by Crippen LogP contribution is -2.19. The van der Waals surface area contributed by atoms with E-state index in [9.17, 15) is 9.59 Å². The summed E-state index contributed by atoms with van der Waals surface area (Å²) >= 11 is 0. The minimum atomic E-state index is -1.07. The van der Waals surface area contributed by atoms with Crippen molar-refractivity contribution >= 4 is 17.7 Å². The number of nitrogens with two attached hydrogens (primary N) is 1. The number of rotatable bonds is 6. The SMILES string of the molecule is Cc1ccnc(NCCn2cnc(C(=O)O)c2)c1C(N)=O. The number of hydrogen-bond acceptors (Lipinski definition) is 5. The molecule has 0 aliphatic rings. The predicted molar refractivity (Wildman–Crippen MR) is 75.2 cm³/mol. The fourth-order valence-corrected chi connectivity index (χ4v) is 1.90. The molecule has 0 saturated heterocycles. The summed E-state index contributed by atoms with van der Waals surface area (Å²) in [5.74, 6) is -1.20. The van der Waals surface area contributed by atoms with Crippen LogP contribution in [0.3, 0.4) is 0 Å². The lowest BCUT2D eigenvalue weighted by molar-refractivity contribution is 0.0690. The first-order valence-corrected chi connectivity index (χ1v) is 6.23. The van der Waals surface area contributed by atoms with Crippen molar-refractivity contribution < 1.29 is 14.7 Å². The van der Waals surface area contributed by atoms with Crippen LogP contribution in [0.2, 0.25) is 0 Å². The molecule has 0 bridgehead atoms. The summed E-state index contributed by atoms with van der Waals surface area (Å²) in [7, 11) is 0. The third-order valence-electron chi connectivity index (χ3n) is 2.92. The summed E-state index contributed by atoms with van der Waals surface area (Å²) in [6, 6.07) is 1.71. The summed E-state index contributed by atoms with van der Waals surface area (Å²) < 4.78 is 1.64. The Morgan fingerprint density at radius 1 is 1.43 bits per heavy atom. The molecule has 0 aromatic carbocycles. The number of hydrogen-bond donors (Lipinski definition) is 3. The maximum Gasteiger partial charge on any atom is 0.356 e. The third kappa shape index (κ3) is 3.35. The zero-order valence-corrected chi connectivity index (χ0v) is 11.4. The van der Waals surface area contributed by atoms with Crippen LogP contribution >= 0.6 is 0 Å². The fourth-order valence-electron chi connectivity index (χ4n) is 1.90. The topological polar surface area (TPSA) is 123 Å². The molecule has 2 aromatic heterocycles. The number of aromatic nitrogens is 3. The molecule has 4 N–H and O–H groups in total. The normalized spacial score (nSPS) is 10.3. The molecule has 8 heteroatoms. The van der Waals surface area contributed by atoms with Crippen LogP contribution in [0.1, 0.15) is 26.4 Å². The van der Waals surface area contributed by atoms with Crippen LogP contribution < -0.4 is 11.1 Å². The molecular weight excluding hydrogens is 274 g/mol. The van der Waals surface area contributed by atoms with E-state index in [2.05, 4.69) is 15.3 Å². The second kappa shape index (κ2) is 6.04. The first-order valence-electron chi connectivity index (χ1n) is 6.23. The van der Waals surface area contributed by atoms with Gasteiger partial charge < -0.3 is 20.7 Å². The summed E-state index contributed by atoms with van der Waals surface area (Å²) in [4.78, 5) is 30.0. The number of anilines is 1. The van der Waals surface area contributed by atoms with Crippen molar-refractivity contribution in [1.29, 1.82) is 0 Å². The van der Waals surface area contributed by atoms with Gasteiger partial charge in [-0.3, -0.25) is 4.79 Å². The van der Waals surface area contributed by atoms with Crippen LogP contribution in [0.15, 0.2) is 24.8 Å². The number of primary amides is 1. The van der Waals surface area contributed by atoms with Crippen molar-refractivity contribution in [1.82, 2.24) is 14.5 Å². The number of pyridine rings is 1. The Morgan fingerprint density at radius 2 is 2.19 bits per heavy atom. The number of carboxylic acids is 1. The van der Waals surface area contributed by atoms with Gasteiger partial charge in [-0.05, 0) is 18.6 Å². The van der Waals surface area contributed by atoms with Crippen molar-refractivity contribution in [2.24, 2.45) is 5.73 Å². The van der Waals surface area contributed by atoms with Crippen LogP contribution in [0.25, 0.3) is 0 Å². The molecule has 2 aromatic rings. The number of nitrogens with zero attached hydrogens (tertiary/aromatic N) is 3. The van der Waals surface area contributed by atoms with E-state index < -0.39 is 11.9 Å². The van der Waals surface area contributed by atoms with Crippen molar-refractivity contribution in [2.45, 2.75) is 13.5 Å². The maximum absolute atomic E-state index is 11.4. The zero-order valence-electron chi connectivity index (χ0n) is 11.4. The Hall–Kier alpha value is -2.90. The molecule has 0 aliphatic carbocycles. The summed E-state index contributed by atoms with van der Waals surface area (Å²) in [5.41, 5.74) is 6.42. The van der Waals surface area contributed by atoms with Gasteiger partial charge in [-0.1, -0.05) is 0 Å². The van der Waals surface area contributed by atoms with E-state index in [0.29, 0.717) is 24.5 Å². The molecule has 21 heavy (non-hydrogen) atoms. The molecule has 8 nitrogen and oxygen atoms in total. The number of nitrogens with one attached hydrogen (secondary N) is 1. The van der Waals surface area contributed by atoms with E-state index in [0.717, 1.165) is 5.56 Å². The summed E-state index contributed by atoms with van der Waals surface area (Å²) in [6.45, 7) is 2.71. The Kier molecular flexibility index (Phi) is 4.17. The molecule has 0 fully saturated rings. The van der Waals surface area contributed by atoms with Crippen molar-refractivity contribution in [2.75, 3.05) is 11.9 Å². The molecule has 0 unspecified atom stereocenters. The van der Waals surface area contributed by atoms with E-state index >= 15 is 0 Å². The van der Waals surface area contributed by atoms with Gasteiger partial charge in [0.15, 0.2) is 5.69 Å². The number of carbonyl (C=O) groups is 2. The Balaban J connectivity index is 2.02. The van der Waals surface area contributed by atoms with Crippen LogP contribution in [-0.2, 0) is 6.54 Å².